The number of rotatable bonds is 8. The molecule has 0 amide bonds. The van der Waals surface area contributed by atoms with Crippen molar-refractivity contribution in [2.24, 2.45) is 4.99 Å². The first kappa shape index (κ1) is 25.4. The summed E-state index contributed by atoms with van der Waals surface area (Å²) in [5.41, 5.74) is 3.68. The summed E-state index contributed by atoms with van der Waals surface area (Å²) < 4.78 is 18.1. The van der Waals surface area contributed by atoms with Crippen LogP contribution in [0.4, 0.5) is 5.69 Å². The fourth-order valence-electron chi connectivity index (χ4n) is 3.65. The van der Waals surface area contributed by atoms with E-state index < -0.39 is 10.9 Å². The third kappa shape index (κ3) is 5.56. The zero-order valence-electron chi connectivity index (χ0n) is 19.9. The number of carbonyl (C=O) groups is 1. The summed E-state index contributed by atoms with van der Waals surface area (Å²) in [5, 5.41) is 11.3. The molecule has 3 aromatic rings. The summed E-state index contributed by atoms with van der Waals surface area (Å²) >= 11 is 2.17. The summed E-state index contributed by atoms with van der Waals surface area (Å²) in [6.45, 7) is 6.34. The van der Waals surface area contributed by atoms with Gasteiger partial charge in [0.05, 0.1) is 15.1 Å². The minimum Gasteiger partial charge on any atom is -0.490 e. The van der Waals surface area contributed by atoms with E-state index in [2.05, 4.69) is 27.6 Å². The van der Waals surface area contributed by atoms with Crippen LogP contribution in [0.25, 0.3) is 6.08 Å². The molecular weight excluding hydrogens is 575 g/mol. The molecular formula is C27H23IN2O6. The molecule has 0 radical (unpaired) electrons. The Morgan fingerprint density at radius 2 is 1.86 bits per heavy atom. The van der Waals surface area contributed by atoms with Crippen molar-refractivity contribution in [3.05, 3.63) is 102 Å². The number of nitro benzene ring substituents is 1. The highest BCUT2D eigenvalue weighted by molar-refractivity contribution is 14.1. The Morgan fingerprint density at radius 3 is 2.56 bits per heavy atom. The van der Waals surface area contributed by atoms with E-state index in [1.54, 1.807) is 25.1 Å². The first-order valence-electron chi connectivity index (χ1n) is 11.2. The average molecular weight is 598 g/mol. The first-order chi connectivity index (χ1) is 17.3. The molecule has 1 heterocycles. The van der Waals surface area contributed by atoms with Gasteiger partial charge in [0, 0.05) is 17.2 Å². The lowest BCUT2D eigenvalue weighted by Gasteiger charge is -2.15. The van der Waals surface area contributed by atoms with Crippen LogP contribution in [0.1, 0.15) is 34.7 Å². The second-order valence-electron chi connectivity index (χ2n) is 8.08. The molecule has 0 saturated heterocycles. The molecule has 0 aromatic heterocycles. The minimum atomic E-state index is -0.636. The van der Waals surface area contributed by atoms with Crippen LogP contribution in [0, 0.1) is 27.5 Å². The van der Waals surface area contributed by atoms with Gasteiger partial charge in [-0.1, -0.05) is 35.9 Å². The number of halogens is 1. The van der Waals surface area contributed by atoms with E-state index in [1.807, 2.05) is 44.2 Å². The zero-order chi connectivity index (χ0) is 25.8. The summed E-state index contributed by atoms with van der Waals surface area (Å²) in [4.78, 5) is 27.6. The van der Waals surface area contributed by atoms with Gasteiger partial charge in [0.15, 0.2) is 17.2 Å². The number of cyclic esters (lactones) is 1. The van der Waals surface area contributed by atoms with Crippen molar-refractivity contribution in [3.8, 4) is 11.5 Å². The number of aliphatic imine (C=N–C) groups is 1. The lowest BCUT2D eigenvalue weighted by Crippen LogP contribution is -2.08. The highest BCUT2D eigenvalue weighted by Gasteiger charge is 2.27. The predicted octanol–water partition coefficient (Wildman–Crippen LogP) is 6.14. The third-order valence-corrected chi connectivity index (χ3v) is 6.29. The van der Waals surface area contributed by atoms with Crippen molar-refractivity contribution in [1.82, 2.24) is 0 Å². The van der Waals surface area contributed by atoms with E-state index >= 15 is 0 Å². The molecule has 8 nitrogen and oxygen atoms in total. The molecule has 0 N–H and O–H groups in total. The van der Waals surface area contributed by atoms with Gasteiger partial charge in [-0.3, -0.25) is 10.1 Å². The van der Waals surface area contributed by atoms with Gasteiger partial charge in [-0.05, 0) is 78.8 Å². The number of nitro groups is 1. The fourth-order valence-corrected chi connectivity index (χ4v) is 4.43. The summed E-state index contributed by atoms with van der Waals surface area (Å²) in [5.74, 6) is 0.563. The summed E-state index contributed by atoms with van der Waals surface area (Å²) in [6, 6.07) is 16.3. The highest BCUT2D eigenvalue weighted by Crippen LogP contribution is 2.36. The van der Waals surface area contributed by atoms with Crippen LogP contribution in [0.3, 0.4) is 0 Å². The number of benzene rings is 3. The van der Waals surface area contributed by atoms with E-state index in [4.69, 9.17) is 14.2 Å². The van der Waals surface area contributed by atoms with Crippen molar-refractivity contribution in [1.29, 1.82) is 0 Å². The number of ether oxygens (including phenoxy) is 3. The quantitative estimate of drug-likeness (QED) is 0.102. The van der Waals surface area contributed by atoms with E-state index in [0.717, 1.165) is 9.13 Å². The number of hydrogen-bond donors (Lipinski definition) is 0. The van der Waals surface area contributed by atoms with Crippen LogP contribution in [-0.4, -0.2) is 23.4 Å². The molecule has 0 atom stereocenters. The van der Waals surface area contributed by atoms with Gasteiger partial charge in [-0.15, -0.1) is 0 Å². The second kappa shape index (κ2) is 10.9. The molecule has 0 unspecified atom stereocenters. The molecule has 9 heteroatoms. The first-order valence-corrected chi connectivity index (χ1v) is 12.3. The van der Waals surface area contributed by atoms with E-state index in [0.29, 0.717) is 41.4 Å². The molecule has 0 saturated carbocycles. The third-order valence-electron chi connectivity index (χ3n) is 5.49. The smallest absolute Gasteiger partial charge is 0.363 e. The van der Waals surface area contributed by atoms with Crippen LogP contribution in [-0.2, 0) is 16.1 Å². The number of hydrogen-bond acceptors (Lipinski definition) is 7. The Balaban J connectivity index is 1.63. The minimum absolute atomic E-state index is 0.0326. The van der Waals surface area contributed by atoms with Crippen LogP contribution in [0.2, 0.25) is 0 Å². The van der Waals surface area contributed by atoms with Gasteiger partial charge in [-0.25, -0.2) is 9.79 Å². The molecule has 3 aromatic carbocycles. The SMILES string of the molecule is CCOc1cc(/C=C2\N=C(c3cccc([N+](=O)[O-])c3C)OC2=O)cc(I)c1OCc1ccc(C)cc1. The van der Waals surface area contributed by atoms with Gasteiger partial charge in [0.2, 0.25) is 5.90 Å². The Hall–Kier alpha value is -3.73. The standard InChI is InChI=1S/C27H23IN2O6/c1-4-34-24-14-19(12-21(28)25(24)35-15-18-10-8-16(2)9-11-18)13-22-27(31)36-26(29-22)20-6-5-7-23(17(20)3)30(32)33/h5-14H,4,15H2,1-3H3/b22-13-. The predicted molar refractivity (Wildman–Crippen MR) is 144 cm³/mol. The maximum Gasteiger partial charge on any atom is 0.363 e. The van der Waals surface area contributed by atoms with E-state index in [-0.39, 0.29) is 17.3 Å². The average Bonchev–Trinajstić information content (AvgIpc) is 3.19. The lowest BCUT2D eigenvalue weighted by molar-refractivity contribution is -0.385. The van der Waals surface area contributed by atoms with Gasteiger partial charge in [0.25, 0.3) is 5.69 Å². The van der Waals surface area contributed by atoms with Crippen molar-refractivity contribution in [2.75, 3.05) is 6.61 Å². The van der Waals surface area contributed by atoms with Gasteiger partial charge < -0.3 is 14.2 Å². The van der Waals surface area contributed by atoms with E-state index in [1.165, 1.54) is 17.7 Å². The molecule has 1 aliphatic rings. The van der Waals surface area contributed by atoms with E-state index in [9.17, 15) is 14.9 Å². The number of esters is 1. The molecule has 1 aliphatic heterocycles. The molecule has 0 fully saturated rings. The Labute approximate surface area is 221 Å². The molecule has 36 heavy (non-hydrogen) atoms. The second-order valence-corrected chi connectivity index (χ2v) is 9.24. The van der Waals surface area contributed by atoms with Crippen LogP contribution in [0.15, 0.2) is 65.3 Å². The zero-order valence-corrected chi connectivity index (χ0v) is 22.1. The largest absolute Gasteiger partial charge is 0.490 e. The Bertz CT molecular complexity index is 1400. The normalized spacial score (nSPS) is 13.9. The lowest BCUT2D eigenvalue weighted by atomic mass is 10.1. The topological polar surface area (TPSA) is 100 Å². The van der Waals surface area contributed by atoms with Crippen molar-refractivity contribution in [3.63, 3.8) is 0 Å². The maximum absolute atomic E-state index is 12.5. The van der Waals surface area contributed by atoms with Gasteiger partial charge in [-0.2, -0.15) is 0 Å². The van der Waals surface area contributed by atoms with Gasteiger partial charge >= 0.3 is 5.97 Å². The van der Waals surface area contributed by atoms with Crippen molar-refractivity contribution in [2.45, 2.75) is 27.4 Å². The Kier molecular flexibility index (Phi) is 7.68. The molecule has 0 aliphatic carbocycles. The monoisotopic (exact) mass is 598 g/mol. The molecule has 4 rings (SSSR count). The summed E-state index contributed by atoms with van der Waals surface area (Å²) in [7, 11) is 0. The van der Waals surface area contributed by atoms with Gasteiger partial charge in [0.1, 0.15) is 6.61 Å². The van der Waals surface area contributed by atoms with Crippen molar-refractivity contribution >= 4 is 46.2 Å². The number of carbonyl (C=O) groups excluding carboxylic acids is 1. The molecule has 0 bridgehead atoms. The van der Waals surface area contributed by atoms with Crippen LogP contribution in [0.5, 0.6) is 11.5 Å². The number of nitrogens with zero attached hydrogens (tertiary/aromatic N) is 2. The Morgan fingerprint density at radius 1 is 1.11 bits per heavy atom. The van der Waals surface area contributed by atoms with Crippen LogP contribution >= 0.6 is 22.6 Å². The molecule has 184 valence electrons. The summed E-state index contributed by atoms with van der Waals surface area (Å²) in [6.07, 6.45) is 1.59. The highest BCUT2D eigenvalue weighted by atomic mass is 127. The van der Waals surface area contributed by atoms with Crippen LogP contribution < -0.4 is 9.47 Å². The fraction of sp³-hybridized carbons (Fsp3) is 0.185. The van der Waals surface area contributed by atoms with Crippen molar-refractivity contribution < 1.29 is 23.9 Å². The number of aryl methyl sites for hydroxylation is 1. The molecule has 0 spiro atoms. The maximum atomic E-state index is 12.5.